The van der Waals surface area contributed by atoms with Gasteiger partial charge in [-0.1, -0.05) is 44.0 Å². The molecule has 0 aliphatic carbocycles. The summed E-state index contributed by atoms with van der Waals surface area (Å²) in [6, 6.07) is 13.1. The van der Waals surface area contributed by atoms with Crippen LogP contribution in [0.3, 0.4) is 0 Å². The summed E-state index contributed by atoms with van der Waals surface area (Å²) in [6.07, 6.45) is 0. The molecule has 0 N–H and O–H groups in total. The van der Waals surface area contributed by atoms with Crippen molar-refractivity contribution in [1.82, 2.24) is 0 Å². The predicted molar refractivity (Wildman–Crippen MR) is 90.1 cm³/mol. The summed E-state index contributed by atoms with van der Waals surface area (Å²) in [4.78, 5) is 0. The van der Waals surface area contributed by atoms with Crippen molar-refractivity contribution in [3.05, 3.63) is 45.3 Å². The van der Waals surface area contributed by atoms with Gasteiger partial charge in [0.05, 0.1) is 9.40 Å². The number of halogens is 2. The summed E-state index contributed by atoms with van der Waals surface area (Å²) in [5.74, 6) is 0. The van der Waals surface area contributed by atoms with Crippen LogP contribution in [-0.4, -0.2) is 0 Å². The van der Waals surface area contributed by atoms with Crippen molar-refractivity contribution in [2.24, 2.45) is 0 Å². The third-order valence-corrected chi connectivity index (χ3v) is 6.49. The van der Waals surface area contributed by atoms with Gasteiger partial charge < -0.3 is 0 Å². The lowest BCUT2D eigenvalue weighted by atomic mass is 10.2. The van der Waals surface area contributed by atoms with Crippen LogP contribution in [0.5, 0.6) is 0 Å². The first kappa shape index (κ1) is 11.4. The maximum Gasteiger partial charge on any atom is 0.0542 e. The van der Waals surface area contributed by atoms with Crippen molar-refractivity contribution in [3.63, 3.8) is 0 Å². The van der Waals surface area contributed by atoms with E-state index in [4.69, 9.17) is 0 Å². The van der Waals surface area contributed by atoms with Gasteiger partial charge in [0, 0.05) is 29.1 Å². The fraction of sp³-hybridized carbons (Fsp3) is 0. The molecule has 2 heterocycles. The van der Waals surface area contributed by atoms with Crippen molar-refractivity contribution in [3.8, 4) is 0 Å². The van der Waals surface area contributed by atoms with E-state index in [1.807, 2.05) is 22.7 Å². The second-order valence-electron chi connectivity index (χ2n) is 4.14. The smallest absolute Gasteiger partial charge is 0.0542 e. The standard InChI is InChI=1S/C14H6Br2S2/c15-7-1-3-9-11(5-7)17-14-10-4-2-8(16)6-12(10)18-13(9)14/h1-6H. The van der Waals surface area contributed by atoms with Gasteiger partial charge in [0.1, 0.15) is 0 Å². The third kappa shape index (κ3) is 1.59. The minimum atomic E-state index is 1.15. The molecular weight excluding hydrogens is 392 g/mol. The average Bonchev–Trinajstić information content (AvgIpc) is 2.83. The second-order valence-corrected chi connectivity index (χ2v) is 8.08. The molecule has 18 heavy (non-hydrogen) atoms. The van der Waals surface area contributed by atoms with Crippen LogP contribution in [0.1, 0.15) is 0 Å². The highest BCUT2D eigenvalue weighted by atomic mass is 79.9. The number of hydrogen-bond donors (Lipinski definition) is 0. The molecule has 4 rings (SSSR count). The molecule has 0 unspecified atom stereocenters. The lowest BCUT2D eigenvalue weighted by molar-refractivity contribution is 1.78. The van der Waals surface area contributed by atoms with Gasteiger partial charge in [-0.3, -0.25) is 0 Å². The normalized spacial score (nSPS) is 11.9. The highest BCUT2D eigenvalue weighted by Gasteiger charge is 2.12. The molecule has 0 aliphatic rings. The van der Waals surface area contributed by atoms with Crippen LogP contribution in [0.15, 0.2) is 45.3 Å². The minimum absolute atomic E-state index is 1.15. The predicted octanol–water partition coefficient (Wildman–Crippen LogP) is 6.79. The summed E-state index contributed by atoms with van der Waals surface area (Å²) in [5.41, 5.74) is 0. The molecule has 0 bridgehead atoms. The van der Waals surface area contributed by atoms with Gasteiger partial charge in [-0.15, -0.1) is 22.7 Å². The molecule has 2 aromatic heterocycles. The Bertz CT molecular complexity index is 826. The van der Waals surface area contributed by atoms with Crippen LogP contribution >= 0.6 is 54.5 Å². The van der Waals surface area contributed by atoms with E-state index in [0.29, 0.717) is 0 Å². The molecule has 88 valence electrons. The fourth-order valence-corrected chi connectivity index (χ4v) is 5.96. The van der Waals surface area contributed by atoms with Crippen molar-refractivity contribution in [1.29, 1.82) is 0 Å². The number of rotatable bonds is 0. The summed E-state index contributed by atoms with van der Waals surface area (Å²) >= 11 is 10.8. The monoisotopic (exact) mass is 396 g/mol. The van der Waals surface area contributed by atoms with Gasteiger partial charge in [0.25, 0.3) is 0 Å². The van der Waals surface area contributed by atoms with Crippen LogP contribution < -0.4 is 0 Å². The molecule has 0 spiro atoms. The van der Waals surface area contributed by atoms with E-state index >= 15 is 0 Å². The van der Waals surface area contributed by atoms with Gasteiger partial charge in [-0.25, -0.2) is 0 Å². The van der Waals surface area contributed by atoms with E-state index in [-0.39, 0.29) is 0 Å². The maximum absolute atomic E-state index is 3.54. The summed E-state index contributed by atoms with van der Waals surface area (Å²) < 4.78 is 7.84. The van der Waals surface area contributed by atoms with Gasteiger partial charge in [0.2, 0.25) is 0 Å². The van der Waals surface area contributed by atoms with Crippen LogP contribution in [-0.2, 0) is 0 Å². The Morgan fingerprint density at radius 3 is 1.56 bits per heavy atom. The zero-order valence-corrected chi connectivity index (χ0v) is 13.8. The number of hydrogen-bond acceptors (Lipinski definition) is 2. The van der Waals surface area contributed by atoms with Gasteiger partial charge in [-0.05, 0) is 24.3 Å². The number of fused-ring (bicyclic) bond motifs is 5. The molecule has 0 radical (unpaired) electrons. The number of benzene rings is 2. The van der Waals surface area contributed by atoms with Crippen LogP contribution in [0, 0.1) is 0 Å². The first-order chi connectivity index (χ1) is 8.72. The topological polar surface area (TPSA) is 0 Å². The summed E-state index contributed by atoms with van der Waals surface area (Å²) in [5, 5.41) is 2.74. The average molecular weight is 398 g/mol. The lowest BCUT2D eigenvalue weighted by Crippen LogP contribution is -1.63. The van der Waals surface area contributed by atoms with E-state index in [2.05, 4.69) is 68.3 Å². The lowest BCUT2D eigenvalue weighted by Gasteiger charge is -1.92. The first-order valence-corrected chi connectivity index (χ1v) is 8.64. The zero-order chi connectivity index (χ0) is 12.3. The highest BCUT2D eigenvalue weighted by molar-refractivity contribution is 9.10. The van der Waals surface area contributed by atoms with Crippen molar-refractivity contribution in [2.75, 3.05) is 0 Å². The maximum atomic E-state index is 3.54. The van der Waals surface area contributed by atoms with E-state index in [1.165, 1.54) is 29.6 Å². The quantitative estimate of drug-likeness (QED) is 0.306. The molecule has 0 saturated carbocycles. The zero-order valence-electron chi connectivity index (χ0n) is 9.04. The van der Waals surface area contributed by atoms with Gasteiger partial charge >= 0.3 is 0 Å². The van der Waals surface area contributed by atoms with Crippen LogP contribution in [0.25, 0.3) is 29.6 Å². The summed E-state index contributed by atoms with van der Waals surface area (Å²) in [6.45, 7) is 0. The van der Waals surface area contributed by atoms with Crippen molar-refractivity contribution in [2.45, 2.75) is 0 Å². The van der Waals surface area contributed by atoms with E-state index in [0.717, 1.165) is 8.95 Å². The molecule has 0 atom stereocenters. The van der Waals surface area contributed by atoms with Gasteiger partial charge in [-0.2, -0.15) is 0 Å². The second kappa shape index (κ2) is 4.04. The largest absolute Gasteiger partial charge is 0.134 e. The Morgan fingerprint density at radius 2 is 1.11 bits per heavy atom. The molecule has 0 saturated heterocycles. The molecule has 0 nitrogen and oxygen atoms in total. The van der Waals surface area contributed by atoms with Gasteiger partial charge in [0.15, 0.2) is 0 Å². The highest BCUT2D eigenvalue weighted by Crippen LogP contribution is 2.45. The van der Waals surface area contributed by atoms with E-state index in [1.54, 1.807) is 0 Å². The third-order valence-electron chi connectivity index (χ3n) is 3.01. The van der Waals surface area contributed by atoms with Crippen molar-refractivity contribution >= 4 is 84.1 Å². The van der Waals surface area contributed by atoms with Crippen LogP contribution in [0.4, 0.5) is 0 Å². The molecule has 0 aliphatic heterocycles. The fourth-order valence-electron chi connectivity index (χ4n) is 2.20. The molecule has 0 amide bonds. The molecular formula is C14H6Br2S2. The minimum Gasteiger partial charge on any atom is -0.134 e. The Balaban J connectivity index is 2.23. The number of thiophene rings is 2. The SMILES string of the molecule is Brc1ccc2c(c1)sc1c3ccc(Br)cc3sc21. The Kier molecular flexibility index (Phi) is 2.56. The van der Waals surface area contributed by atoms with E-state index in [9.17, 15) is 0 Å². The van der Waals surface area contributed by atoms with Crippen LogP contribution in [0.2, 0.25) is 0 Å². The Labute approximate surface area is 128 Å². The first-order valence-electron chi connectivity index (χ1n) is 5.42. The molecule has 0 fully saturated rings. The van der Waals surface area contributed by atoms with E-state index < -0.39 is 0 Å². The van der Waals surface area contributed by atoms with Crippen molar-refractivity contribution < 1.29 is 0 Å². The molecule has 2 aromatic carbocycles. The molecule has 4 heteroatoms. The molecule has 4 aromatic rings. The Hall–Kier alpha value is -0.420. The summed E-state index contributed by atoms with van der Waals surface area (Å²) in [7, 11) is 0. The Morgan fingerprint density at radius 1 is 0.667 bits per heavy atom.